The summed E-state index contributed by atoms with van der Waals surface area (Å²) in [6.45, 7) is 3.79. The first-order valence-corrected chi connectivity index (χ1v) is 7.63. The molecule has 2 heterocycles. The van der Waals surface area contributed by atoms with Crippen LogP contribution in [-0.4, -0.2) is 38.3 Å². The van der Waals surface area contributed by atoms with Crippen molar-refractivity contribution in [2.75, 3.05) is 0 Å². The summed E-state index contributed by atoms with van der Waals surface area (Å²) in [6.07, 6.45) is 2.07. The van der Waals surface area contributed by atoms with Crippen molar-refractivity contribution in [2.24, 2.45) is 5.73 Å². The molecule has 8 nitrogen and oxygen atoms in total. The molecule has 2 aromatic heterocycles. The smallest absolute Gasteiger partial charge is 0.326 e. The van der Waals surface area contributed by atoms with Gasteiger partial charge in [0.1, 0.15) is 17.4 Å². The number of nitrogens with one attached hydrogen (secondary N) is 1. The molecule has 0 aliphatic rings. The standard InChI is InChI=1S/C16H20N4O4/c1-3-10-14(20-7-6-9(2)8-13(20)18-10)15(22)19-11(16(23)24)4-5-12(17)21/h6-8,11H,3-5H2,1-2H3,(H2,17,21)(H,19,22)(H,23,24). The van der Waals surface area contributed by atoms with Gasteiger partial charge in [0, 0.05) is 12.6 Å². The van der Waals surface area contributed by atoms with Gasteiger partial charge in [-0.2, -0.15) is 0 Å². The minimum atomic E-state index is -1.22. The molecule has 24 heavy (non-hydrogen) atoms. The Morgan fingerprint density at radius 1 is 1.42 bits per heavy atom. The van der Waals surface area contributed by atoms with Crippen LogP contribution in [0.3, 0.4) is 0 Å². The molecule has 0 radical (unpaired) electrons. The van der Waals surface area contributed by atoms with Gasteiger partial charge in [-0.05, 0) is 37.5 Å². The summed E-state index contributed by atoms with van der Waals surface area (Å²) in [5, 5.41) is 11.7. The number of hydrogen-bond acceptors (Lipinski definition) is 4. The van der Waals surface area contributed by atoms with Gasteiger partial charge in [0.15, 0.2) is 0 Å². The second-order valence-corrected chi connectivity index (χ2v) is 5.56. The third-order valence-corrected chi connectivity index (χ3v) is 3.69. The molecule has 0 aliphatic carbocycles. The molecule has 8 heteroatoms. The molecule has 2 amide bonds. The maximum absolute atomic E-state index is 12.6. The molecule has 1 unspecified atom stereocenters. The topological polar surface area (TPSA) is 127 Å². The van der Waals surface area contributed by atoms with E-state index >= 15 is 0 Å². The van der Waals surface area contributed by atoms with E-state index in [9.17, 15) is 19.5 Å². The maximum Gasteiger partial charge on any atom is 0.326 e. The zero-order valence-electron chi connectivity index (χ0n) is 13.6. The average Bonchev–Trinajstić information content (AvgIpc) is 2.88. The predicted octanol–water partition coefficient (Wildman–Crippen LogP) is 0.654. The van der Waals surface area contributed by atoms with Crippen molar-refractivity contribution in [1.29, 1.82) is 0 Å². The summed E-state index contributed by atoms with van der Waals surface area (Å²) < 4.78 is 1.63. The van der Waals surface area contributed by atoms with Gasteiger partial charge in [0.25, 0.3) is 5.91 Å². The Morgan fingerprint density at radius 2 is 2.12 bits per heavy atom. The summed E-state index contributed by atoms with van der Waals surface area (Å²) >= 11 is 0. The normalized spacial score (nSPS) is 12.1. The SMILES string of the molecule is CCc1nc2cc(C)ccn2c1C(=O)NC(CCC(N)=O)C(=O)O. The summed E-state index contributed by atoms with van der Waals surface area (Å²) in [5.41, 5.74) is 7.56. The molecule has 128 valence electrons. The number of amides is 2. The number of imidazole rings is 1. The summed E-state index contributed by atoms with van der Waals surface area (Å²) in [4.78, 5) is 39.2. The molecule has 0 saturated heterocycles. The highest BCUT2D eigenvalue weighted by atomic mass is 16.4. The number of carbonyl (C=O) groups is 3. The monoisotopic (exact) mass is 332 g/mol. The van der Waals surface area contributed by atoms with Crippen LogP contribution >= 0.6 is 0 Å². The molecule has 4 N–H and O–H groups in total. The zero-order chi connectivity index (χ0) is 17.9. The van der Waals surface area contributed by atoms with Crippen LogP contribution in [-0.2, 0) is 16.0 Å². The Labute approximate surface area is 138 Å². The van der Waals surface area contributed by atoms with Crippen molar-refractivity contribution >= 4 is 23.4 Å². The van der Waals surface area contributed by atoms with Crippen LogP contribution in [0.5, 0.6) is 0 Å². The number of aliphatic carboxylic acids is 1. The third-order valence-electron chi connectivity index (χ3n) is 3.69. The Morgan fingerprint density at radius 3 is 2.71 bits per heavy atom. The number of aromatic nitrogens is 2. The molecule has 2 aromatic rings. The van der Waals surface area contributed by atoms with Crippen molar-refractivity contribution < 1.29 is 19.5 Å². The lowest BCUT2D eigenvalue weighted by Gasteiger charge is -2.14. The highest BCUT2D eigenvalue weighted by molar-refractivity contribution is 5.97. The number of nitrogens with two attached hydrogens (primary N) is 1. The van der Waals surface area contributed by atoms with E-state index in [2.05, 4.69) is 10.3 Å². The first kappa shape index (κ1) is 17.5. The Balaban J connectivity index is 2.32. The molecule has 0 aliphatic heterocycles. The van der Waals surface area contributed by atoms with E-state index in [1.807, 2.05) is 26.0 Å². The number of carboxylic acids is 1. The van der Waals surface area contributed by atoms with Crippen LogP contribution in [0, 0.1) is 6.92 Å². The lowest BCUT2D eigenvalue weighted by Crippen LogP contribution is -2.42. The fourth-order valence-corrected chi connectivity index (χ4v) is 2.45. The number of pyridine rings is 1. The minimum Gasteiger partial charge on any atom is -0.480 e. The van der Waals surface area contributed by atoms with Gasteiger partial charge in [-0.1, -0.05) is 6.92 Å². The van der Waals surface area contributed by atoms with Crippen LogP contribution in [0.2, 0.25) is 0 Å². The quantitative estimate of drug-likeness (QED) is 0.686. The number of hydrogen-bond donors (Lipinski definition) is 3. The Bertz CT molecular complexity index is 797. The molecular formula is C16H20N4O4. The van der Waals surface area contributed by atoms with Crippen molar-refractivity contribution in [3.63, 3.8) is 0 Å². The summed E-state index contributed by atoms with van der Waals surface area (Å²) in [6, 6.07) is 2.50. The average molecular weight is 332 g/mol. The van der Waals surface area contributed by atoms with E-state index in [-0.39, 0.29) is 12.8 Å². The van der Waals surface area contributed by atoms with Crippen LogP contribution in [0.4, 0.5) is 0 Å². The molecule has 0 fully saturated rings. The van der Waals surface area contributed by atoms with Gasteiger partial charge in [0.2, 0.25) is 5.91 Å². The van der Waals surface area contributed by atoms with Gasteiger partial charge in [-0.25, -0.2) is 9.78 Å². The van der Waals surface area contributed by atoms with Crippen molar-refractivity contribution in [2.45, 2.75) is 39.2 Å². The third kappa shape index (κ3) is 3.70. The molecular weight excluding hydrogens is 312 g/mol. The predicted molar refractivity (Wildman–Crippen MR) is 86.6 cm³/mol. The first-order valence-electron chi connectivity index (χ1n) is 7.63. The highest BCUT2D eigenvalue weighted by Gasteiger charge is 2.25. The number of carboxylic acid groups (broad SMARTS) is 1. The van der Waals surface area contributed by atoms with Gasteiger partial charge in [-0.3, -0.25) is 14.0 Å². The van der Waals surface area contributed by atoms with Gasteiger partial charge < -0.3 is 16.2 Å². The minimum absolute atomic E-state index is 0.0618. The van der Waals surface area contributed by atoms with Gasteiger partial charge >= 0.3 is 5.97 Å². The Hall–Kier alpha value is -2.90. The molecule has 0 aromatic carbocycles. The first-order chi connectivity index (χ1) is 11.3. The van der Waals surface area contributed by atoms with E-state index < -0.39 is 23.8 Å². The zero-order valence-corrected chi connectivity index (χ0v) is 13.6. The lowest BCUT2D eigenvalue weighted by atomic mass is 10.1. The number of aryl methyl sites for hydroxylation is 2. The second-order valence-electron chi connectivity index (χ2n) is 5.56. The van der Waals surface area contributed by atoms with E-state index in [0.29, 0.717) is 23.5 Å². The lowest BCUT2D eigenvalue weighted by molar-refractivity contribution is -0.139. The molecule has 0 saturated carbocycles. The number of primary amides is 1. The fourth-order valence-electron chi connectivity index (χ4n) is 2.45. The Kier molecular flexibility index (Phi) is 5.18. The van der Waals surface area contributed by atoms with Crippen LogP contribution < -0.4 is 11.1 Å². The van der Waals surface area contributed by atoms with E-state index in [0.717, 1.165) is 5.56 Å². The van der Waals surface area contributed by atoms with E-state index in [1.54, 1.807) is 10.6 Å². The summed E-state index contributed by atoms with van der Waals surface area (Å²) in [5.74, 6) is -2.37. The molecule has 2 rings (SSSR count). The van der Waals surface area contributed by atoms with Crippen LogP contribution in [0.25, 0.3) is 5.65 Å². The van der Waals surface area contributed by atoms with Gasteiger partial charge in [-0.15, -0.1) is 0 Å². The number of fused-ring (bicyclic) bond motifs is 1. The molecule has 0 spiro atoms. The van der Waals surface area contributed by atoms with Crippen molar-refractivity contribution in [3.05, 3.63) is 35.3 Å². The maximum atomic E-state index is 12.6. The van der Waals surface area contributed by atoms with Crippen LogP contribution in [0.1, 0.15) is 41.5 Å². The molecule has 0 bridgehead atoms. The largest absolute Gasteiger partial charge is 0.480 e. The fraction of sp³-hybridized carbons (Fsp3) is 0.375. The van der Waals surface area contributed by atoms with Crippen molar-refractivity contribution in [1.82, 2.24) is 14.7 Å². The number of carbonyl (C=O) groups excluding carboxylic acids is 2. The van der Waals surface area contributed by atoms with Crippen LogP contribution in [0.15, 0.2) is 18.3 Å². The second kappa shape index (κ2) is 7.12. The number of nitrogens with zero attached hydrogens (tertiary/aromatic N) is 2. The van der Waals surface area contributed by atoms with E-state index in [1.165, 1.54) is 0 Å². The highest BCUT2D eigenvalue weighted by Crippen LogP contribution is 2.15. The van der Waals surface area contributed by atoms with Crippen molar-refractivity contribution in [3.8, 4) is 0 Å². The number of rotatable bonds is 7. The van der Waals surface area contributed by atoms with E-state index in [4.69, 9.17) is 5.73 Å². The summed E-state index contributed by atoms with van der Waals surface area (Å²) in [7, 11) is 0. The van der Waals surface area contributed by atoms with Gasteiger partial charge in [0.05, 0.1) is 5.69 Å². The molecule has 1 atom stereocenters.